The molecule has 1 fully saturated rings. The van der Waals surface area contributed by atoms with Crippen LogP contribution in [0, 0.1) is 5.92 Å². The number of nitrogens with two attached hydrogens (primary N) is 2. The van der Waals surface area contributed by atoms with Crippen molar-refractivity contribution >= 4 is 65.8 Å². The molecule has 1 aromatic carbocycles. The molecule has 35 heavy (non-hydrogen) atoms. The van der Waals surface area contributed by atoms with Crippen molar-refractivity contribution in [3.05, 3.63) is 51.3 Å². The zero-order valence-corrected chi connectivity index (χ0v) is 22.2. The van der Waals surface area contributed by atoms with Crippen molar-refractivity contribution in [2.75, 3.05) is 18.8 Å². The highest BCUT2D eigenvalue weighted by atomic mass is 35.5. The highest BCUT2D eigenvalue weighted by Crippen LogP contribution is 2.25. The minimum absolute atomic E-state index is 0. The first-order valence-corrected chi connectivity index (χ1v) is 12.0. The first-order valence-electron chi connectivity index (χ1n) is 11.2. The molecule has 1 aliphatic carbocycles. The molecule has 2 aromatic rings. The lowest BCUT2D eigenvalue weighted by molar-refractivity contribution is -0.139. The van der Waals surface area contributed by atoms with Crippen molar-refractivity contribution in [3.8, 4) is 0 Å². The number of amides is 2. The molecule has 2 heterocycles. The zero-order chi connectivity index (χ0) is 23.5. The van der Waals surface area contributed by atoms with Crippen LogP contribution >= 0.6 is 48.0 Å². The van der Waals surface area contributed by atoms with Crippen LogP contribution in [0.4, 0.5) is 5.95 Å². The number of carbonyl (C=O) groups excluding carboxylic acids is 2. The molecule has 3 atom stereocenters. The Morgan fingerprint density at radius 3 is 2.71 bits per heavy atom. The fraction of sp³-hybridized carbons (Fsp3) is 0.478. The second-order valence-electron chi connectivity index (χ2n) is 8.80. The van der Waals surface area contributed by atoms with Crippen LogP contribution in [0.15, 0.2) is 24.4 Å². The van der Waals surface area contributed by atoms with Gasteiger partial charge in [-0.1, -0.05) is 29.3 Å². The number of hydrogen-bond acceptors (Lipinski definition) is 6. The van der Waals surface area contributed by atoms with Crippen molar-refractivity contribution in [1.82, 2.24) is 20.2 Å². The minimum atomic E-state index is -0.752. The van der Waals surface area contributed by atoms with Gasteiger partial charge in [-0.25, -0.2) is 9.97 Å². The summed E-state index contributed by atoms with van der Waals surface area (Å²) in [4.78, 5) is 36.0. The van der Waals surface area contributed by atoms with Gasteiger partial charge in [-0.15, -0.1) is 24.8 Å². The number of fused-ring (bicyclic) bond motifs is 1. The predicted molar refractivity (Wildman–Crippen MR) is 142 cm³/mol. The summed E-state index contributed by atoms with van der Waals surface area (Å²) in [7, 11) is 0. The average Bonchev–Trinajstić information content (AvgIpc) is 3.29. The number of aryl methyl sites for hydroxylation is 1. The Kier molecular flexibility index (Phi) is 10.9. The third kappa shape index (κ3) is 7.11. The zero-order valence-electron chi connectivity index (χ0n) is 19.1. The molecule has 192 valence electrons. The quantitative estimate of drug-likeness (QED) is 0.496. The van der Waals surface area contributed by atoms with E-state index in [-0.39, 0.29) is 36.6 Å². The monoisotopic (exact) mass is 562 g/mol. The molecule has 1 saturated heterocycles. The summed E-state index contributed by atoms with van der Waals surface area (Å²) in [5.41, 5.74) is 14.8. The Morgan fingerprint density at radius 2 is 1.97 bits per heavy atom. The van der Waals surface area contributed by atoms with E-state index < -0.39 is 12.1 Å². The molecule has 1 aliphatic heterocycles. The lowest BCUT2D eigenvalue weighted by Crippen LogP contribution is -2.52. The van der Waals surface area contributed by atoms with E-state index in [2.05, 4.69) is 15.3 Å². The molecule has 2 aliphatic rings. The maximum absolute atomic E-state index is 13.0. The number of nitrogen functional groups attached to an aromatic ring is 1. The molecule has 0 saturated carbocycles. The number of aromatic nitrogens is 2. The van der Waals surface area contributed by atoms with Crippen LogP contribution in [0.2, 0.25) is 10.0 Å². The van der Waals surface area contributed by atoms with Gasteiger partial charge in [-0.3, -0.25) is 9.59 Å². The van der Waals surface area contributed by atoms with Crippen molar-refractivity contribution in [1.29, 1.82) is 0 Å². The van der Waals surface area contributed by atoms with Gasteiger partial charge < -0.3 is 21.7 Å². The van der Waals surface area contributed by atoms with Crippen LogP contribution in [0.3, 0.4) is 0 Å². The number of likely N-dealkylation sites (tertiary alicyclic amines) is 1. The van der Waals surface area contributed by atoms with Crippen LogP contribution in [0.5, 0.6) is 0 Å². The molecule has 0 spiro atoms. The van der Waals surface area contributed by atoms with Gasteiger partial charge in [0.25, 0.3) is 0 Å². The van der Waals surface area contributed by atoms with E-state index in [1.54, 1.807) is 29.3 Å². The lowest BCUT2D eigenvalue weighted by atomic mass is 9.87. The van der Waals surface area contributed by atoms with E-state index in [0.717, 1.165) is 42.5 Å². The molecule has 0 bridgehead atoms. The average molecular weight is 564 g/mol. The van der Waals surface area contributed by atoms with Gasteiger partial charge in [-0.2, -0.15) is 0 Å². The Labute approximate surface area is 227 Å². The second-order valence-corrected chi connectivity index (χ2v) is 9.62. The van der Waals surface area contributed by atoms with Gasteiger partial charge in [0.05, 0.1) is 16.1 Å². The maximum atomic E-state index is 13.0. The predicted octanol–water partition coefficient (Wildman–Crippen LogP) is 2.99. The Hall–Kier alpha value is -1.84. The van der Waals surface area contributed by atoms with Crippen LogP contribution < -0.4 is 16.8 Å². The Morgan fingerprint density at radius 1 is 1.20 bits per heavy atom. The van der Waals surface area contributed by atoms with E-state index in [9.17, 15) is 9.59 Å². The fourth-order valence-electron chi connectivity index (χ4n) is 4.66. The first-order chi connectivity index (χ1) is 15.8. The van der Waals surface area contributed by atoms with E-state index in [1.165, 1.54) is 0 Å². The van der Waals surface area contributed by atoms with Crippen molar-refractivity contribution in [2.45, 2.75) is 50.6 Å². The Bertz CT molecular complexity index is 1060. The van der Waals surface area contributed by atoms with Crippen molar-refractivity contribution in [3.63, 3.8) is 0 Å². The summed E-state index contributed by atoms with van der Waals surface area (Å²) in [6.45, 7) is 1.08. The standard InChI is InChI=1S/C23H28Cl2N6O2.2ClH/c24-16-5-3-13(9-17(16)25)10-18(26)22(33)31-7-1-2-20(31)21(32)28-11-14-4-6-19-15(8-14)12-29-23(27)30-19;;/h3,5,9,12,14,18,20H,1-2,4,6-8,10-11,26H2,(H,28,32)(H2,27,29,30);2*1H/t14?,18-,20+;;/m1../s1. The number of halogens is 4. The third-order valence-electron chi connectivity index (χ3n) is 6.43. The molecule has 12 heteroatoms. The topological polar surface area (TPSA) is 127 Å². The number of hydrogen-bond donors (Lipinski definition) is 3. The molecule has 4 rings (SSSR count). The largest absolute Gasteiger partial charge is 0.368 e. The second kappa shape index (κ2) is 12.9. The number of carbonyl (C=O) groups is 2. The molecule has 0 radical (unpaired) electrons. The van der Waals surface area contributed by atoms with E-state index >= 15 is 0 Å². The number of benzene rings is 1. The number of rotatable bonds is 6. The molecule has 1 unspecified atom stereocenters. The maximum Gasteiger partial charge on any atom is 0.242 e. The summed E-state index contributed by atoms with van der Waals surface area (Å²) in [6.07, 6.45) is 6.06. The molecular weight excluding hydrogens is 534 g/mol. The highest BCUT2D eigenvalue weighted by molar-refractivity contribution is 6.42. The van der Waals surface area contributed by atoms with E-state index in [4.69, 9.17) is 34.7 Å². The minimum Gasteiger partial charge on any atom is -0.368 e. The van der Waals surface area contributed by atoms with Gasteiger partial charge in [0.1, 0.15) is 6.04 Å². The summed E-state index contributed by atoms with van der Waals surface area (Å²) in [5, 5.41) is 3.93. The van der Waals surface area contributed by atoms with Gasteiger partial charge in [0, 0.05) is 25.0 Å². The van der Waals surface area contributed by atoms with Gasteiger partial charge in [-0.05, 0) is 67.7 Å². The molecular formula is C23H30Cl4N6O2. The smallest absolute Gasteiger partial charge is 0.242 e. The van der Waals surface area contributed by atoms with Crippen LogP contribution in [-0.4, -0.2) is 51.9 Å². The SMILES string of the molecule is Cl.Cl.Nc1ncc2c(n1)CCC(CNC(=O)[C@@H]1CCCN1C(=O)[C@H](N)Cc1ccc(Cl)c(Cl)c1)C2. The Balaban J connectivity index is 0.00000216. The first kappa shape index (κ1) is 29.4. The van der Waals surface area contributed by atoms with Gasteiger partial charge >= 0.3 is 0 Å². The van der Waals surface area contributed by atoms with Gasteiger partial charge in [0.2, 0.25) is 17.8 Å². The number of nitrogens with zero attached hydrogens (tertiary/aromatic N) is 3. The van der Waals surface area contributed by atoms with E-state index in [1.807, 2.05) is 0 Å². The van der Waals surface area contributed by atoms with Crippen molar-refractivity contribution in [2.24, 2.45) is 11.7 Å². The summed E-state index contributed by atoms with van der Waals surface area (Å²) in [6, 6.07) is 3.96. The molecule has 2 amide bonds. The number of nitrogens with one attached hydrogen (secondary N) is 1. The van der Waals surface area contributed by atoms with E-state index in [0.29, 0.717) is 47.8 Å². The summed E-state index contributed by atoms with van der Waals surface area (Å²) < 4.78 is 0. The molecule has 8 nitrogen and oxygen atoms in total. The molecule has 5 N–H and O–H groups in total. The lowest BCUT2D eigenvalue weighted by Gasteiger charge is -2.28. The molecule has 1 aromatic heterocycles. The fourth-order valence-corrected chi connectivity index (χ4v) is 4.98. The normalized spacial score (nSPS) is 19.7. The van der Waals surface area contributed by atoms with Crippen molar-refractivity contribution < 1.29 is 9.59 Å². The highest BCUT2D eigenvalue weighted by Gasteiger charge is 2.36. The van der Waals surface area contributed by atoms with Crippen LogP contribution in [0.25, 0.3) is 0 Å². The summed E-state index contributed by atoms with van der Waals surface area (Å²) in [5.74, 6) is 0.252. The van der Waals surface area contributed by atoms with Crippen LogP contribution in [0.1, 0.15) is 36.1 Å². The third-order valence-corrected chi connectivity index (χ3v) is 7.17. The summed E-state index contributed by atoms with van der Waals surface area (Å²) >= 11 is 12.0. The van der Waals surface area contributed by atoms with Gasteiger partial charge in [0.15, 0.2) is 0 Å². The number of anilines is 1. The van der Waals surface area contributed by atoms with Crippen LogP contribution in [-0.2, 0) is 28.9 Å².